The van der Waals surface area contributed by atoms with Crippen LogP contribution in [-0.4, -0.2) is 22.9 Å². The first kappa shape index (κ1) is 14.9. The maximum Gasteiger partial charge on any atom is 0.303 e. The number of hydrogen-bond acceptors (Lipinski definition) is 3. The summed E-state index contributed by atoms with van der Waals surface area (Å²) in [6.45, 7) is 2.06. The Bertz CT molecular complexity index is 449. The fourth-order valence-corrected chi connectivity index (χ4v) is 1.64. The Morgan fingerprint density at radius 3 is 2.05 bits per heavy atom. The highest BCUT2D eigenvalue weighted by molar-refractivity contribution is 6.21. The average molecular weight is 263 g/mol. The number of rotatable bonds is 4. The van der Waals surface area contributed by atoms with Crippen molar-refractivity contribution in [1.82, 2.24) is 5.32 Å². The van der Waals surface area contributed by atoms with Gasteiger partial charge in [-0.2, -0.15) is 0 Å². The van der Waals surface area contributed by atoms with E-state index in [0.29, 0.717) is 17.5 Å². The molecule has 5 nitrogen and oxygen atoms in total. The van der Waals surface area contributed by atoms with Gasteiger partial charge < -0.3 is 5.11 Å². The lowest BCUT2D eigenvalue weighted by molar-refractivity contribution is -0.137. The summed E-state index contributed by atoms with van der Waals surface area (Å²) in [6, 6.07) is 6.74. The van der Waals surface area contributed by atoms with Gasteiger partial charge in [0.05, 0.1) is 11.1 Å². The van der Waals surface area contributed by atoms with E-state index in [0.717, 1.165) is 19.3 Å². The number of imide groups is 1. The summed E-state index contributed by atoms with van der Waals surface area (Å²) in [4.78, 5) is 31.8. The van der Waals surface area contributed by atoms with Crippen LogP contribution in [0.2, 0.25) is 0 Å². The number of benzene rings is 1. The van der Waals surface area contributed by atoms with E-state index in [1.165, 1.54) is 0 Å². The van der Waals surface area contributed by atoms with Gasteiger partial charge in [-0.3, -0.25) is 19.7 Å². The third-order valence-corrected chi connectivity index (χ3v) is 2.64. The molecule has 0 bridgehead atoms. The molecule has 2 rings (SSSR count). The van der Waals surface area contributed by atoms with Crippen LogP contribution in [0.4, 0.5) is 0 Å². The molecule has 1 aromatic rings. The van der Waals surface area contributed by atoms with Gasteiger partial charge in [-0.15, -0.1) is 0 Å². The third-order valence-electron chi connectivity index (χ3n) is 2.64. The van der Waals surface area contributed by atoms with Crippen LogP contribution >= 0.6 is 0 Å². The van der Waals surface area contributed by atoms with Crippen molar-refractivity contribution >= 4 is 17.8 Å². The molecule has 0 aliphatic carbocycles. The third kappa shape index (κ3) is 4.54. The van der Waals surface area contributed by atoms with Crippen molar-refractivity contribution in [2.45, 2.75) is 32.6 Å². The largest absolute Gasteiger partial charge is 0.481 e. The van der Waals surface area contributed by atoms with Crippen LogP contribution in [0.15, 0.2) is 24.3 Å². The fourth-order valence-electron chi connectivity index (χ4n) is 1.64. The van der Waals surface area contributed by atoms with Gasteiger partial charge in [-0.25, -0.2) is 0 Å². The zero-order chi connectivity index (χ0) is 14.3. The molecule has 0 saturated carbocycles. The molecule has 102 valence electrons. The molecule has 19 heavy (non-hydrogen) atoms. The van der Waals surface area contributed by atoms with E-state index in [1.807, 2.05) is 0 Å². The molecule has 1 aliphatic heterocycles. The lowest BCUT2D eigenvalue weighted by Gasteiger charge is -1.89. The lowest BCUT2D eigenvalue weighted by Crippen LogP contribution is -2.19. The summed E-state index contributed by atoms with van der Waals surface area (Å²) in [5.41, 5.74) is 0.940. The fraction of sp³-hybridized carbons (Fsp3) is 0.357. The van der Waals surface area contributed by atoms with E-state index in [9.17, 15) is 14.4 Å². The molecule has 2 N–H and O–H groups in total. The number of amides is 2. The summed E-state index contributed by atoms with van der Waals surface area (Å²) in [5.74, 6) is -1.28. The summed E-state index contributed by atoms with van der Waals surface area (Å²) < 4.78 is 0. The molecule has 1 aliphatic rings. The lowest BCUT2D eigenvalue weighted by atomic mass is 10.1. The quantitative estimate of drug-likeness (QED) is 0.644. The second-order valence-corrected chi connectivity index (χ2v) is 4.18. The SMILES string of the molecule is CCCCCC(=O)O.O=C1NC(=O)c2ccccc21. The Balaban J connectivity index is 0.000000203. The molecular weight excluding hydrogens is 246 g/mol. The topological polar surface area (TPSA) is 83.5 Å². The van der Waals surface area contributed by atoms with Crippen molar-refractivity contribution in [3.63, 3.8) is 0 Å². The second kappa shape index (κ2) is 7.31. The zero-order valence-corrected chi connectivity index (χ0v) is 10.8. The summed E-state index contributed by atoms with van der Waals surface area (Å²) in [6.07, 6.45) is 3.28. The van der Waals surface area contributed by atoms with Gasteiger partial charge in [0, 0.05) is 6.42 Å². The number of unbranched alkanes of at least 4 members (excludes halogenated alkanes) is 2. The Kier molecular flexibility index (Phi) is 5.73. The van der Waals surface area contributed by atoms with E-state index in [1.54, 1.807) is 24.3 Å². The van der Waals surface area contributed by atoms with E-state index in [2.05, 4.69) is 12.2 Å². The van der Waals surface area contributed by atoms with Crippen LogP contribution in [0, 0.1) is 0 Å². The van der Waals surface area contributed by atoms with Crippen molar-refractivity contribution in [3.8, 4) is 0 Å². The van der Waals surface area contributed by atoms with Crippen LogP contribution in [0.1, 0.15) is 53.3 Å². The molecule has 2 amide bonds. The highest BCUT2D eigenvalue weighted by Crippen LogP contribution is 2.13. The summed E-state index contributed by atoms with van der Waals surface area (Å²) in [5, 5.41) is 10.3. The maximum absolute atomic E-state index is 10.9. The van der Waals surface area contributed by atoms with E-state index in [-0.39, 0.29) is 11.8 Å². The first-order chi connectivity index (χ1) is 9.06. The second-order valence-electron chi connectivity index (χ2n) is 4.18. The van der Waals surface area contributed by atoms with Crippen molar-refractivity contribution < 1.29 is 19.5 Å². The predicted molar refractivity (Wildman–Crippen MR) is 70.0 cm³/mol. The number of aliphatic carboxylic acids is 1. The molecule has 0 spiro atoms. The number of nitrogens with one attached hydrogen (secondary N) is 1. The summed E-state index contributed by atoms with van der Waals surface area (Å²) >= 11 is 0. The molecule has 0 aromatic heterocycles. The van der Waals surface area contributed by atoms with Gasteiger partial charge in [0.25, 0.3) is 11.8 Å². The smallest absolute Gasteiger partial charge is 0.303 e. The maximum atomic E-state index is 10.9. The minimum atomic E-state index is -0.682. The predicted octanol–water partition coefficient (Wildman–Crippen LogP) is 2.22. The molecule has 0 fully saturated rings. The molecule has 5 heteroatoms. The number of fused-ring (bicyclic) bond motifs is 1. The van der Waals surface area contributed by atoms with Gasteiger partial charge in [-0.05, 0) is 18.6 Å². The normalized spacial score (nSPS) is 12.3. The van der Waals surface area contributed by atoms with Gasteiger partial charge in [0.1, 0.15) is 0 Å². The van der Waals surface area contributed by atoms with E-state index >= 15 is 0 Å². The molecule has 0 radical (unpaired) electrons. The highest BCUT2D eigenvalue weighted by Gasteiger charge is 2.25. The zero-order valence-electron chi connectivity index (χ0n) is 10.8. The van der Waals surface area contributed by atoms with Crippen LogP contribution in [0.3, 0.4) is 0 Å². The van der Waals surface area contributed by atoms with Crippen molar-refractivity contribution in [2.75, 3.05) is 0 Å². The Hall–Kier alpha value is -2.17. The minimum Gasteiger partial charge on any atom is -0.481 e. The molecule has 1 aromatic carbocycles. The number of carboxylic acids is 1. The molecule has 1 heterocycles. The van der Waals surface area contributed by atoms with Gasteiger partial charge in [0.2, 0.25) is 0 Å². The minimum absolute atomic E-state index is 0.300. The standard InChI is InChI=1S/C8H5NO2.C6H12O2/c10-7-5-3-1-2-4-6(5)8(11)9-7;1-2-3-4-5-6(7)8/h1-4H,(H,9,10,11);2-5H2,1H3,(H,7,8). The average Bonchev–Trinajstić information content (AvgIpc) is 2.67. The van der Waals surface area contributed by atoms with Crippen LogP contribution in [0.25, 0.3) is 0 Å². The van der Waals surface area contributed by atoms with E-state index < -0.39 is 5.97 Å². The first-order valence-corrected chi connectivity index (χ1v) is 6.22. The van der Waals surface area contributed by atoms with Crippen molar-refractivity contribution in [2.24, 2.45) is 0 Å². The molecule has 0 unspecified atom stereocenters. The van der Waals surface area contributed by atoms with Crippen molar-refractivity contribution in [1.29, 1.82) is 0 Å². The molecule has 0 saturated heterocycles. The van der Waals surface area contributed by atoms with Crippen LogP contribution in [-0.2, 0) is 4.79 Å². The van der Waals surface area contributed by atoms with Crippen molar-refractivity contribution in [3.05, 3.63) is 35.4 Å². The monoisotopic (exact) mass is 263 g/mol. The first-order valence-electron chi connectivity index (χ1n) is 6.22. The number of carboxylic acid groups (broad SMARTS) is 1. The number of carbonyl (C=O) groups is 3. The summed E-state index contributed by atoms with van der Waals surface area (Å²) in [7, 11) is 0. The van der Waals surface area contributed by atoms with Gasteiger partial charge in [-0.1, -0.05) is 31.9 Å². The number of carbonyl (C=O) groups excluding carboxylic acids is 2. The van der Waals surface area contributed by atoms with Crippen LogP contribution in [0.5, 0.6) is 0 Å². The van der Waals surface area contributed by atoms with Crippen LogP contribution < -0.4 is 5.32 Å². The number of hydrogen-bond donors (Lipinski definition) is 2. The molecule has 0 atom stereocenters. The Morgan fingerprint density at radius 2 is 1.63 bits per heavy atom. The molecular formula is C14H17NO4. The van der Waals surface area contributed by atoms with Gasteiger partial charge in [0.15, 0.2) is 0 Å². The Morgan fingerprint density at radius 1 is 1.11 bits per heavy atom. The van der Waals surface area contributed by atoms with Gasteiger partial charge >= 0.3 is 5.97 Å². The highest BCUT2D eigenvalue weighted by atomic mass is 16.4. The van der Waals surface area contributed by atoms with E-state index in [4.69, 9.17) is 5.11 Å². The Labute approximate surface area is 111 Å².